The summed E-state index contributed by atoms with van der Waals surface area (Å²) in [5, 5.41) is 14.4. The zero-order valence-corrected chi connectivity index (χ0v) is 16.6. The number of nitro benzene ring substituents is 1. The maximum atomic E-state index is 14.3. The van der Waals surface area contributed by atoms with Gasteiger partial charge in [0.2, 0.25) is 0 Å². The van der Waals surface area contributed by atoms with Gasteiger partial charge >= 0.3 is 0 Å². The van der Waals surface area contributed by atoms with Crippen LogP contribution in [-0.2, 0) is 5.41 Å². The second kappa shape index (κ2) is 7.16. The van der Waals surface area contributed by atoms with E-state index in [1.54, 1.807) is 12.1 Å². The molecular weight excluding hydrogens is 385 g/mol. The molecule has 0 aromatic heterocycles. The molecule has 2 aliphatic heterocycles. The van der Waals surface area contributed by atoms with Gasteiger partial charge in [-0.1, -0.05) is 12.8 Å². The van der Waals surface area contributed by atoms with Crippen LogP contribution in [0.5, 0.6) is 0 Å². The molecule has 1 saturated heterocycles. The van der Waals surface area contributed by atoms with Gasteiger partial charge in [-0.05, 0) is 74.2 Å². The molecule has 0 unspecified atom stereocenters. The fraction of sp³-hybridized carbons (Fsp3) is 0.435. The van der Waals surface area contributed by atoms with Crippen molar-refractivity contribution in [2.75, 3.05) is 18.0 Å². The van der Waals surface area contributed by atoms with Crippen LogP contribution in [0.4, 0.5) is 15.8 Å². The molecule has 1 atom stereocenters. The third-order valence-corrected chi connectivity index (χ3v) is 7.00. The first kappa shape index (κ1) is 19.2. The fourth-order valence-electron chi connectivity index (χ4n) is 5.30. The number of rotatable bonds is 4. The minimum Gasteiger partial charge on any atom is -0.317 e. The van der Waals surface area contributed by atoms with E-state index in [1.807, 2.05) is 4.90 Å². The van der Waals surface area contributed by atoms with E-state index in [9.17, 15) is 19.3 Å². The smallest absolute Gasteiger partial charge is 0.269 e. The lowest BCUT2D eigenvalue weighted by molar-refractivity contribution is -0.384. The fourth-order valence-corrected chi connectivity index (χ4v) is 5.30. The number of carbonyl (C=O) groups excluding carboxylic acids is 1. The van der Waals surface area contributed by atoms with E-state index in [0.717, 1.165) is 43.6 Å². The first-order chi connectivity index (χ1) is 14.5. The summed E-state index contributed by atoms with van der Waals surface area (Å²) in [7, 11) is 0. The first-order valence-electron chi connectivity index (χ1n) is 10.6. The number of carbonyl (C=O) groups is 1. The van der Waals surface area contributed by atoms with Crippen LogP contribution >= 0.6 is 0 Å². The van der Waals surface area contributed by atoms with Crippen LogP contribution < -0.4 is 10.2 Å². The van der Waals surface area contributed by atoms with Crippen LogP contribution in [-0.4, -0.2) is 30.0 Å². The molecule has 7 heteroatoms. The van der Waals surface area contributed by atoms with Crippen molar-refractivity contribution in [3.05, 3.63) is 69.5 Å². The molecule has 1 amide bonds. The van der Waals surface area contributed by atoms with Crippen molar-refractivity contribution in [1.29, 1.82) is 0 Å². The lowest BCUT2D eigenvalue weighted by Gasteiger charge is -2.42. The highest BCUT2D eigenvalue weighted by atomic mass is 19.1. The number of halogens is 1. The highest BCUT2D eigenvalue weighted by Crippen LogP contribution is 2.54. The standard InChI is InChI=1S/C23H24FN3O3/c24-17-5-8-20-19(14-17)23(9-11-25-12-10-23)21(13-15-1-2-15)26(20)22(28)16-3-6-18(7-4-16)27(29)30/h3-8,14-15,21,25H,1-2,9-13H2/t21-/m1/s1. The summed E-state index contributed by atoms with van der Waals surface area (Å²) in [6.07, 6.45) is 5.00. The molecule has 1 N–H and O–H groups in total. The predicted molar refractivity (Wildman–Crippen MR) is 111 cm³/mol. The Morgan fingerprint density at radius 3 is 2.50 bits per heavy atom. The number of nitro groups is 1. The summed E-state index contributed by atoms with van der Waals surface area (Å²) in [6, 6.07) is 10.5. The van der Waals surface area contributed by atoms with Crippen molar-refractivity contribution in [2.45, 2.75) is 43.6 Å². The number of nitrogens with one attached hydrogen (secondary N) is 1. The topological polar surface area (TPSA) is 75.5 Å². The van der Waals surface area contributed by atoms with E-state index in [4.69, 9.17) is 0 Å². The number of nitrogens with zero attached hydrogens (tertiary/aromatic N) is 2. The molecule has 0 radical (unpaired) electrons. The monoisotopic (exact) mass is 409 g/mol. The zero-order chi connectivity index (χ0) is 20.9. The van der Waals surface area contributed by atoms with E-state index in [0.29, 0.717) is 11.5 Å². The Kier molecular flexibility index (Phi) is 4.58. The summed E-state index contributed by atoms with van der Waals surface area (Å²) in [5.41, 5.74) is 1.85. The van der Waals surface area contributed by atoms with Gasteiger partial charge in [0.1, 0.15) is 5.82 Å². The number of fused-ring (bicyclic) bond motifs is 2. The predicted octanol–water partition coefficient (Wildman–Crippen LogP) is 4.18. The Morgan fingerprint density at radius 2 is 1.87 bits per heavy atom. The molecule has 3 aliphatic rings. The molecule has 2 heterocycles. The number of hydrogen-bond acceptors (Lipinski definition) is 4. The molecule has 0 bridgehead atoms. The Hall–Kier alpha value is -2.80. The molecule has 1 aliphatic carbocycles. The summed E-state index contributed by atoms with van der Waals surface area (Å²) in [6.45, 7) is 1.69. The van der Waals surface area contributed by atoms with Crippen molar-refractivity contribution in [3.63, 3.8) is 0 Å². The molecule has 156 valence electrons. The van der Waals surface area contributed by atoms with Gasteiger partial charge in [0.25, 0.3) is 11.6 Å². The van der Waals surface area contributed by atoms with Crippen molar-refractivity contribution in [1.82, 2.24) is 5.32 Å². The highest BCUT2D eigenvalue weighted by Gasteiger charge is 2.54. The summed E-state index contributed by atoms with van der Waals surface area (Å²) < 4.78 is 14.3. The van der Waals surface area contributed by atoms with Gasteiger partial charge in [-0.25, -0.2) is 4.39 Å². The minimum atomic E-state index is -0.470. The number of amides is 1. The van der Waals surface area contributed by atoms with Crippen LogP contribution in [0.2, 0.25) is 0 Å². The Labute approximate surface area is 174 Å². The molecule has 2 aromatic carbocycles. The molecule has 1 spiro atoms. The van der Waals surface area contributed by atoms with Crippen molar-refractivity contribution in [3.8, 4) is 0 Å². The molecule has 2 fully saturated rings. The number of non-ortho nitro benzene ring substituents is 1. The van der Waals surface area contributed by atoms with E-state index in [1.165, 1.54) is 43.2 Å². The second-order valence-corrected chi connectivity index (χ2v) is 8.74. The molecule has 5 rings (SSSR count). The molecular formula is C23H24FN3O3. The SMILES string of the molecule is O=C(c1ccc([N+](=O)[O-])cc1)N1c2ccc(F)cc2C2(CCNCC2)[C@H]1CC1CC1. The van der Waals surface area contributed by atoms with Gasteiger partial charge in [0.05, 0.1) is 4.92 Å². The minimum absolute atomic E-state index is 0.0217. The van der Waals surface area contributed by atoms with E-state index < -0.39 is 4.92 Å². The number of hydrogen-bond donors (Lipinski definition) is 1. The Balaban J connectivity index is 1.60. The van der Waals surface area contributed by atoms with Crippen LogP contribution in [0.15, 0.2) is 42.5 Å². The normalized spacial score (nSPS) is 22.2. The van der Waals surface area contributed by atoms with Gasteiger partial charge in [0.15, 0.2) is 0 Å². The molecule has 1 saturated carbocycles. The van der Waals surface area contributed by atoms with Gasteiger partial charge in [-0.15, -0.1) is 0 Å². The molecule has 30 heavy (non-hydrogen) atoms. The highest BCUT2D eigenvalue weighted by molar-refractivity contribution is 6.08. The lowest BCUT2D eigenvalue weighted by Crippen LogP contribution is -2.52. The van der Waals surface area contributed by atoms with Crippen LogP contribution in [0.3, 0.4) is 0 Å². The lowest BCUT2D eigenvalue weighted by atomic mass is 9.68. The number of benzene rings is 2. The van der Waals surface area contributed by atoms with E-state index in [2.05, 4.69) is 5.32 Å². The van der Waals surface area contributed by atoms with Crippen LogP contribution in [0.25, 0.3) is 0 Å². The summed E-state index contributed by atoms with van der Waals surface area (Å²) in [4.78, 5) is 26.0. The van der Waals surface area contributed by atoms with Gasteiger partial charge < -0.3 is 10.2 Å². The summed E-state index contributed by atoms with van der Waals surface area (Å²) >= 11 is 0. The average molecular weight is 409 g/mol. The third kappa shape index (κ3) is 3.08. The largest absolute Gasteiger partial charge is 0.317 e. The zero-order valence-electron chi connectivity index (χ0n) is 16.6. The molecule has 6 nitrogen and oxygen atoms in total. The Morgan fingerprint density at radius 1 is 1.17 bits per heavy atom. The van der Waals surface area contributed by atoms with Gasteiger partial charge in [-0.3, -0.25) is 14.9 Å². The number of piperidine rings is 1. The maximum Gasteiger partial charge on any atom is 0.269 e. The van der Waals surface area contributed by atoms with Crippen molar-refractivity contribution < 1.29 is 14.1 Å². The van der Waals surface area contributed by atoms with Crippen molar-refractivity contribution in [2.24, 2.45) is 5.92 Å². The van der Waals surface area contributed by atoms with Crippen molar-refractivity contribution >= 4 is 17.3 Å². The van der Waals surface area contributed by atoms with Crippen LogP contribution in [0.1, 0.15) is 48.0 Å². The quantitative estimate of drug-likeness (QED) is 0.607. The number of anilines is 1. The van der Waals surface area contributed by atoms with E-state index >= 15 is 0 Å². The first-order valence-corrected chi connectivity index (χ1v) is 10.6. The van der Waals surface area contributed by atoms with E-state index in [-0.39, 0.29) is 28.9 Å². The summed E-state index contributed by atoms with van der Waals surface area (Å²) in [5.74, 6) is 0.161. The van der Waals surface area contributed by atoms with Crippen LogP contribution in [0, 0.1) is 21.8 Å². The Bertz CT molecular complexity index is 997. The third-order valence-electron chi connectivity index (χ3n) is 7.00. The average Bonchev–Trinajstić information content (AvgIpc) is 3.55. The van der Waals surface area contributed by atoms with Gasteiger partial charge in [-0.2, -0.15) is 0 Å². The second-order valence-electron chi connectivity index (χ2n) is 8.74. The maximum absolute atomic E-state index is 14.3. The van der Waals surface area contributed by atoms with Gasteiger partial charge in [0, 0.05) is 34.8 Å². The molecule has 2 aromatic rings.